The van der Waals surface area contributed by atoms with Crippen molar-refractivity contribution >= 4 is 5.78 Å². The smallest absolute Gasteiger partial charge is 0.193 e. The number of aryl methyl sites for hydroxylation is 2. The Kier molecular flexibility index (Phi) is 3.76. The van der Waals surface area contributed by atoms with Gasteiger partial charge in [0.2, 0.25) is 0 Å². The standard InChI is InChI=1S/C18H18O3/c1-12-3-5-14(6-4-12)18(19)15-7-8-17(13(2)9-15)21-11-16-10-20-16/h3-9,16H,10-11H2,1-2H3. The minimum Gasteiger partial charge on any atom is -0.491 e. The minimum absolute atomic E-state index is 0.0372. The fourth-order valence-corrected chi connectivity index (χ4v) is 2.17. The number of ketones is 1. The summed E-state index contributed by atoms with van der Waals surface area (Å²) in [6.45, 7) is 5.32. The molecule has 0 aromatic heterocycles. The third-order valence-electron chi connectivity index (χ3n) is 3.58. The van der Waals surface area contributed by atoms with Crippen molar-refractivity contribution in [1.82, 2.24) is 0 Å². The Labute approximate surface area is 124 Å². The van der Waals surface area contributed by atoms with Gasteiger partial charge in [-0.05, 0) is 37.6 Å². The second-order valence-electron chi connectivity index (χ2n) is 5.44. The maximum atomic E-state index is 12.4. The van der Waals surface area contributed by atoms with Crippen molar-refractivity contribution in [2.75, 3.05) is 13.2 Å². The third kappa shape index (κ3) is 3.31. The summed E-state index contributed by atoms with van der Waals surface area (Å²) >= 11 is 0. The molecule has 1 heterocycles. The summed E-state index contributed by atoms with van der Waals surface area (Å²) in [5.41, 5.74) is 3.51. The Bertz CT molecular complexity index is 655. The molecular formula is C18H18O3. The van der Waals surface area contributed by atoms with Crippen LogP contribution in [0, 0.1) is 13.8 Å². The molecule has 0 spiro atoms. The molecule has 108 valence electrons. The van der Waals surface area contributed by atoms with Crippen molar-refractivity contribution in [3.05, 3.63) is 64.7 Å². The lowest BCUT2D eigenvalue weighted by atomic mass is 10.0. The van der Waals surface area contributed by atoms with E-state index in [-0.39, 0.29) is 11.9 Å². The molecule has 0 N–H and O–H groups in total. The van der Waals surface area contributed by atoms with Crippen LogP contribution in [0.1, 0.15) is 27.0 Å². The molecule has 1 saturated heterocycles. The molecule has 1 atom stereocenters. The predicted octanol–water partition coefficient (Wildman–Crippen LogP) is 3.31. The largest absolute Gasteiger partial charge is 0.491 e. The van der Waals surface area contributed by atoms with E-state index in [9.17, 15) is 4.79 Å². The van der Waals surface area contributed by atoms with Gasteiger partial charge < -0.3 is 9.47 Å². The molecule has 1 aliphatic rings. The van der Waals surface area contributed by atoms with Crippen LogP contribution in [-0.2, 0) is 4.74 Å². The number of hydrogen-bond donors (Lipinski definition) is 0. The van der Waals surface area contributed by atoms with Crippen molar-refractivity contribution in [3.8, 4) is 5.75 Å². The van der Waals surface area contributed by atoms with Gasteiger partial charge in [0.05, 0.1) is 6.61 Å². The molecule has 0 radical (unpaired) electrons. The molecule has 0 amide bonds. The van der Waals surface area contributed by atoms with E-state index in [4.69, 9.17) is 9.47 Å². The van der Waals surface area contributed by atoms with E-state index >= 15 is 0 Å². The maximum absolute atomic E-state index is 12.4. The first-order chi connectivity index (χ1) is 10.1. The fraction of sp³-hybridized carbons (Fsp3) is 0.278. The number of rotatable bonds is 5. The molecule has 3 nitrogen and oxygen atoms in total. The lowest BCUT2D eigenvalue weighted by Crippen LogP contribution is -2.06. The number of ether oxygens (including phenoxy) is 2. The lowest BCUT2D eigenvalue weighted by Gasteiger charge is -2.09. The topological polar surface area (TPSA) is 38.8 Å². The number of hydrogen-bond acceptors (Lipinski definition) is 3. The number of carbonyl (C=O) groups is 1. The van der Waals surface area contributed by atoms with Gasteiger partial charge in [-0.15, -0.1) is 0 Å². The summed E-state index contributed by atoms with van der Waals surface area (Å²) in [7, 11) is 0. The Hall–Kier alpha value is -2.13. The lowest BCUT2D eigenvalue weighted by molar-refractivity contribution is 0.103. The minimum atomic E-state index is 0.0372. The Morgan fingerprint density at radius 2 is 1.81 bits per heavy atom. The van der Waals surface area contributed by atoms with Crippen LogP contribution in [0.15, 0.2) is 42.5 Å². The highest BCUT2D eigenvalue weighted by atomic mass is 16.6. The molecule has 2 aromatic rings. The van der Waals surface area contributed by atoms with E-state index in [1.54, 1.807) is 0 Å². The first-order valence-electron chi connectivity index (χ1n) is 7.10. The van der Waals surface area contributed by atoms with Gasteiger partial charge in [0.25, 0.3) is 0 Å². The molecule has 1 unspecified atom stereocenters. The van der Waals surface area contributed by atoms with E-state index in [0.717, 1.165) is 23.5 Å². The third-order valence-corrected chi connectivity index (χ3v) is 3.58. The van der Waals surface area contributed by atoms with Crippen molar-refractivity contribution in [3.63, 3.8) is 0 Å². The van der Waals surface area contributed by atoms with Crippen molar-refractivity contribution in [1.29, 1.82) is 0 Å². The van der Waals surface area contributed by atoms with E-state index in [1.807, 2.05) is 56.3 Å². The molecule has 1 fully saturated rings. The van der Waals surface area contributed by atoms with E-state index in [2.05, 4.69) is 0 Å². The highest BCUT2D eigenvalue weighted by Gasteiger charge is 2.23. The fourth-order valence-electron chi connectivity index (χ4n) is 2.17. The van der Waals surface area contributed by atoms with Gasteiger partial charge in [-0.2, -0.15) is 0 Å². The van der Waals surface area contributed by atoms with Crippen LogP contribution in [0.25, 0.3) is 0 Å². The van der Waals surface area contributed by atoms with Crippen LogP contribution >= 0.6 is 0 Å². The van der Waals surface area contributed by atoms with Crippen molar-refractivity contribution in [2.24, 2.45) is 0 Å². The Morgan fingerprint density at radius 1 is 1.14 bits per heavy atom. The quantitative estimate of drug-likeness (QED) is 0.624. The molecule has 0 aliphatic carbocycles. The van der Waals surface area contributed by atoms with Crippen LogP contribution in [0.3, 0.4) is 0 Å². The summed E-state index contributed by atoms with van der Waals surface area (Å²) in [6, 6.07) is 13.2. The maximum Gasteiger partial charge on any atom is 0.193 e. The van der Waals surface area contributed by atoms with Crippen LogP contribution in [0.2, 0.25) is 0 Å². The summed E-state index contributed by atoms with van der Waals surface area (Å²) < 4.78 is 10.8. The first kappa shape index (κ1) is 13.8. The normalized spacial score (nSPS) is 16.6. The molecule has 0 saturated carbocycles. The van der Waals surface area contributed by atoms with Gasteiger partial charge in [-0.3, -0.25) is 4.79 Å². The molecule has 0 bridgehead atoms. The van der Waals surface area contributed by atoms with Crippen LogP contribution in [0.4, 0.5) is 0 Å². The van der Waals surface area contributed by atoms with Gasteiger partial charge in [0, 0.05) is 11.1 Å². The van der Waals surface area contributed by atoms with Gasteiger partial charge in [-0.25, -0.2) is 0 Å². The van der Waals surface area contributed by atoms with E-state index in [1.165, 1.54) is 0 Å². The van der Waals surface area contributed by atoms with Crippen LogP contribution < -0.4 is 4.74 Å². The monoisotopic (exact) mass is 282 g/mol. The van der Waals surface area contributed by atoms with Gasteiger partial charge >= 0.3 is 0 Å². The average Bonchev–Trinajstić information content (AvgIpc) is 3.30. The second-order valence-corrected chi connectivity index (χ2v) is 5.44. The van der Waals surface area contributed by atoms with Crippen LogP contribution in [0.5, 0.6) is 5.75 Å². The summed E-state index contributed by atoms with van der Waals surface area (Å²) in [6.07, 6.45) is 0.235. The Morgan fingerprint density at radius 3 is 2.43 bits per heavy atom. The zero-order chi connectivity index (χ0) is 14.8. The van der Waals surface area contributed by atoms with E-state index < -0.39 is 0 Å². The van der Waals surface area contributed by atoms with E-state index in [0.29, 0.717) is 17.7 Å². The second kappa shape index (κ2) is 5.70. The number of benzene rings is 2. The first-order valence-corrected chi connectivity index (χ1v) is 7.10. The molecular weight excluding hydrogens is 264 g/mol. The van der Waals surface area contributed by atoms with Crippen molar-refractivity contribution in [2.45, 2.75) is 20.0 Å². The predicted molar refractivity (Wildman–Crippen MR) is 81.0 cm³/mol. The van der Waals surface area contributed by atoms with Gasteiger partial charge in [-0.1, -0.05) is 29.8 Å². The van der Waals surface area contributed by atoms with Crippen molar-refractivity contribution < 1.29 is 14.3 Å². The Balaban J connectivity index is 1.76. The summed E-state index contributed by atoms with van der Waals surface area (Å²) in [4.78, 5) is 12.4. The highest BCUT2D eigenvalue weighted by molar-refractivity contribution is 6.09. The molecule has 3 rings (SSSR count). The van der Waals surface area contributed by atoms with Gasteiger partial charge in [0.1, 0.15) is 18.5 Å². The SMILES string of the molecule is Cc1ccc(C(=O)c2ccc(OCC3CO3)c(C)c2)cc1. The summed E-state index contributed by atoms with van der Waals surface area (Å²) in [5.74, 6) is 0.848. The van der Waals surface area contributed by atoms with Crippen LogP contribution in [-0.4, -0.2) is 25.1 Å². The zero-order valence-electron chi connectivity index (χ0n) is 12.3. The number of epoxide rings is 1. The number of carbonyl (C=O) groups excluding carboxylic acids is 1. The van der Waals surface area contributed by atoms with Gasteiger partial charge in [0.15, 0.2) is 5.78 Å². The molecule has 21 heavy (non-hydrogen) atoms. The highest BCUT2D eigenvalue weighted by Crippen LogP contribution is 2.22. The average molecular weight is 282 g/mol. The molecule has 2 aromatic carbocycles. The molecule has 1 aliphatic heterocycles. The zero-order valence-corrected chi connectivity index (χ0v) is 12.3. The summed E-state index contributed by atoms with van der Waals surface area (Å²) in [5, 5.41) is 0. The molecule has 3 heteroatoms.